The first-order valence-electron chi connectivity index (χ1n) is 6.19. The molecule has 106 valence electrons. The second kappa shape index (κ2) is 6.45. The Kier molecular flexibility index (Phi) is 4.65. The predicted octanol–water partition coefficient (Wildman–Crippen LogP) is 2.72. The van der Waals surface area contributed by atoms with Crippen molar-refractivity contribution in [2.24, 2.45) is 5.84 Å². The average molecular weight is 278 g/mol. The molecule has 5 heteroatoms. The molecule has 0 heterocycles. The highest BCUT2D eigenvalue weighted by molar-refractivity contribution is 5.35. The summed E-state index contributed by atoms with van der Waals surface area (Å²) in [5.74, 6) is 4.87. The van der Waals surface area contributed by atoms with Crippen molar-refractivity contribution in [2.75, 3.05) is 7.11 Å². The molecule has 0 bridgehead atoms. The third kappa shape index (κ3) is 2.95. The highest BCUT2D eigenvalue weighted by Crippen LogP contribution is 2.27. The van der Waals surface area contributed by atoms with Gasteiger partial charge in [0, 0.05) is 5.56 Å². The molecule has 2 aromatic rings. The summed E-state index contributed by atoms with van der Waals surface area (Å²) in [4.78, 5) is 0. The van der Waals surface area contributed by atoms with E-state index in [1.807, 2.05) is 18.2 Å². The third-order valence-corrected chi connectivity index (χ3v) is 3.17. The number of rotatable bonds is 5. The van der Waals surface area contributed by atoms with Gasteiger partial charge in [-0.15, -0.1) is 0 Å². The lowest BCUT2D eigenvalue weighted by molar-refractivity contribution is 0.403. The molecule has 0 radical (unpaired) electrons. The van der Waals surface area contributed by atoms with Crippen LogP contribution in [0.4, 0.5) is 8.78 Å². The van der Waals surface area contributed by atoms with E-state index in [1.54, 1.807) is 13.2 Å². The second-order valence-electron chi connectivity index (χ2n) is 4.37. The van der Waals surface area contributed by atoms with Gasteiger partial charge in [-0.05, 0) is 30.2 Å². The number of para-hydroxylation sites is 1. The van der Waals surface area contributed by atoms with Crippen LogP contribution in [0.3, 0.4) is 0 Å². The van der Waals surface area contributed by atoms with E-state index in [2.05, 4.69) is 5.43 Å². The first-order chi connectivity index (χ1) is 9.67. The van der Waals surface area contributed by atoms with Gasteiger partial charge >= 0.3 is 0 Å². The molecule has 0 aliphatic carbocycles. The summed E-state index contributed by atoms with van der Waals surface area (Å²) in [5.41, 5.74) is 3.22. The van der Waals surface area contributed by atoms with E-state index in [0.29, 0.717) is 12.2 Å². The zero-order valence-corrected chi connectivity index (χ0v) is 11.1. The lowest BCUT2D eigenvalue weighted by Gasteiger charge is -2.19. The number of hydrazine groups is 1. The maximum absolute atomic E-state index is 13.8. The quantitative estimate of drug-likeness (QED) is 0.653. The van der Waals surface area contributed by atoms with Gasteiger partial charge in [0.25, 0.3) is 0 Å². The second-order valence-corrected chi connectivity index (χ2v) is 4.37. The van der Waals surface area contributed by atoms with E-state index in [1.165, 1.54) is 18.2 Å². The largest absolute Gasteiger partial charge is 0.496 e. The summed E-state index contributed by atoms with van der Waals surface area (Å²) >= 11 is 0. The summed E-state index contributed by atoms with van der Waals surface area (Å²) in [6.45, 7) is 0. The van der Waals surface area contributed by atoms with E-state index >= 15 is 0 Å². The Morgan fingerprint density at radius 3 is 2.35 bits per heavy atom. The molecule has 0 saturated heterocycles. The Bertz CT molecular complexity index is 570. The number of nitrogens with one attached hydrogen (secondary N) is 1. The van der Waals surface area contributed by atoms with Gasteiger partial charge in [0.2, 0.25) is 0 Å². The normalized spacial score (nSPS) is 12.2. The fraction of sp³-hybridized carbons (Fsp3) is 0.200. The first kappa shape index (κ1) is 14.4. The maximum Gasteiger partial charge on any atom is 0.130 e. The van der Waals surface area contributed by atoms with Crippen LogP contribution in [0.25, 0.3) is 0 Å². The van der Waals surface area contributed by atoms with Crippen LogP contribution in [0.5, 0.6) is 5.75 Å². The van der Waals surface area contributed by atoms with E-state index in [9.17, 15) is 8.78 Å². The van der Waals surface area contributed by atoms with Crippen molar-refractivity contribution in [1.82, 2.24) is 5.43 Å². The molecule has 0 aromatic heterocycles. The molecule has 0 aliphatic rings. The van der Waals surface area contributed by atoms with Crippen molar-refractivity contribution < 1.29 is 13.5 Å². The Morgan fingerprint density at radius 2 is 1.75 bits per heavy atom. The Labute approximate surface area is 116 Å². The maximum atomic E-state index is 13.8. The Hall–Kier alpha value is -1.98. The molecule has 0 amide bonds. The molecule has 0 fully saturated rings. The van der Waals surface area contributed by atoms with Gasteiger partial charge in [0.1, 0.15) is 17.4 Å². The predicted molar refractivity (Wildman–Crippen MR) is 73.1 cm³/mol. The molecule has 0 saturated carbocycles. The van der Waals surface area contributed by atoms with Crippen molar-refractivity contribution >= 4 is 0 Å². The van der Waals surface area contributed by atoms with Gasteiger partial charge in [-0.25, -0.2) is 8.78 Å². The van der Waals surface area contributed by atoms with Crippen LogP contribution < -0.4 is 16.0 Å². The molecule has 20 heavy (non-hydrogen) atoms. The summed E-state index contributed by atoms with van der Waals surface area (Å²) in [7, 11) is 1.55. The Morgan fingerprint density at radius 1 is 1.10 bits per heavy atom. The number of hydrogen-bond acceptors (Lipinski definition) is 3. The van der Waals surface area contributed by atoms with E-state index in [-0.39, 0.29) is 5.56 Å². The van der Waals surface area contributed by atoms with E-state index in [0.717, 1.165) is 5.56 Å². The zero-order valence-electron chi connectivity index (χ0n) is 11.1. The average Bonchev–Trinajstić information content (AvgIpc) is 2.46. The summed E-state index contributed by atoms with van der Waals surface area (Å²) in [5, 5.41) is 0. The minimum absolute atomic E-state index is 0.0686. The summed E-state index contributed by atoms with van der Waals surface area (Å²) < 4.78 is 32.8. The molecular weight excluding hydrogens is 262 g/mol. The number of methoxy groups -OCH3 is 1. The summed E-state index contributed by atoms with van der Waals surface area (Å²) in [6.07, 6.45) is 0.318. The van der Waals surface area contributed by atoms with Crippen LogP contribution in [0, 0.1) is 11.6 Å². The molecule has 1 atom stereocenters. The number of halogens is 2. The highest BCUT2D eigenvalue weighted by atomic mass is 19.1. The van der Waals surface area contributed by atoms with Crippen LogP contribution in [-0.2, 0) is 6.42 Å². The molecular formula is C15H16F2N2O. The van der Waals surface area contributed by atoms with Crippen molar-refractivity contribution in [1.29, 1.82) is 0 Å². The smallest absolute Gasteiger partial charge is 0.130 e. The zero-order chi connectivity index (χ0) is 14.5. The number of ether oxygens (including phenoxy) is 1. The summed E-state index contributed by atoms with van der Waals surface area (Å²) in [6, 6.07) is 10.4. The van der Waals surface area contributed by atoms with Gasteiger partial charge in [-0.1, -0.05) is 24.3 Å². The topological polar surface area (TPSA) is 47.3 Å². The molecule has 2 rings (SSSR count). The minimum Gasteiger partial charge on any atom is -0.496 e. The number of hydrogen-bond donors (Lipinski definition) is 2. The lowest BCUT2D eigenvalue weighted by atomic mass is 9.98. The van der Waals surface area contributed by atoms with Gasteiger partial charge in [-0.2, -0.15) is 0 Å². The van der Waals surface area contributed by atoms with Crippen LogP contribution in [0.2, 0.25) is 0 Å². The Balaban J connectivity index is 2.34. The highest BCUT2D eigenvalue weighted by Gasteiger charge is 2.20. The molecule has 1 unspecified atom stereocenters. The molecule has 3 nitrogen and oxygen atoms in total. The third-order valence-electron chi connectivity index (χ3n) is 3.17. The van der Waals surface area contributed by atoms with Gasteiger partial charge in [-0.3, -0.25) is 11.3 Å². The fourth-order valence-corrected chi connectivity index (χ4v) is 2.18. The van der Waals surface area contributed by atoms with Crippen molar-refractivity contribution in [3.63, 3.8) is 0 Å². The molecule has 0 spiro atoms. The van der Waals surface area contributed by atoms with Crippen LogP contribution >= 0.6 is 0 Å². The van der Waals surface area contributed by atoms with Gasteiger partial charge in [0.05, 0.1) is 13.2 Å². The van der Waals surface area contributed by atoms with Crippen LogP contribution in [-0.4, -0.2) is 7.11 Å². The van der Waals surface area contributed by atoms with Crippen LogP contribution in [0.15, 0.2) is 42.5 Å². The molecule has 2 aromatic carbocycles. The van der Waals surface area contributed by atoms with Crippen molar-refractivity contribution in [2.45, 2.75) is 12.5 Å². The van der Waals surface area contributed by atoms with Crippen molar-refractivity contribution in [3.05, 3.63) is 65.2 Å². The first-order valence-corrected chi connectivity index (χ1v) is 6.19. The van der Waals surface area contributed by atoms with Gasteiger partial charge < -0.3 is 4.74 Å². The van der Waals surface area contributed by atoms with Crippen LogP contribution in [0.1, 0.15) is 17.2 Å². The van der Waals surface area contributed by atoms with E-state index in [4.69, 9.17) is 10.6 Å². The molecule has 3 N–H and O–H groups in total. The number of benzene rings is 2. The number of nitrogens with two attached hydrogens (primary N) is 1. The van der Waals surface area contributed by atoms with Gasteiger partial charge in [0.15, 0.2) is 0 Å². The lowest BCUT2D eigenvalue weighted by Crippen LogP contribution is -2.31. The molecule has 0 aliphatic heterocycles. The monoisotopic (exact) mass is 278 g/mol. The SMILES string of the molecule is COc1ccccc1CC(NN)c1c(F)cccc1F. The standard InChI is InChI=1S/C15H16F2N2O/c1-20-14-8-3-2-5-10(14)9-13(19-18)15-11(16)6-4-7-12(15)17/h2-8,13,19H,9,18H2,1H3. The minimum atomic E-state index is -0.674. The van der Waals surface area contributed by atoms with Crippen molar-refractivity contribution in [3.8, 4) is 5.75 Å². The van der Waals surface area contributed by atoms with E-state index < -0.39 is 17.7 Å². The fourth-order valence-electron chi connectivity index (χ4n) is 2.18.